The van der Waals surface area contributed by atoms with Crippen molar-refractivity contribution >= 4 is 29.2 Å². The van der Waals surface area contributed by atoms with Gasteiger partial charge in [0.15, 0.2) is 12.4 Å². The lowest BCUT2D eigenvalue weighted by Gasteiger charge is -2.14. The lowest BCUT2D eigenvalue weighted by molar-refractivity contribution is -0.727. The Morgan fingerprint density at radius 3 is 2.59 bits per heavy atom. The quantitative estimate of drug-likeness (QED) is 0.171. The molecule has 2 N–H and O–H groups in total. The Hall–Kier alpha value is -5.59. The highest BCUT2D eigenvalue weighted by atomic mass is 19.4. The number of aryl methyl sites for hydroxylation is 2. The number of amides is 1. The van der Waals surface area contributed by atoms with E-state index in [9.17, 15) is 22.8 Å². The first-order valence-electron chi connectivity index (χ1n) is 13.3. The molecule has 44 heavy (non-hydrogen) atoms. The van der Waals surface area contributed by atoms with E-state index in [-0.39, 0.29) is 29.6 Å². The molecule has 2 aromatic carbocycles. The summed E-state index contributed by atoms with van der Waals surface area (Å²) in [6.07, 6.45) is 3.48. The van der Waals surface area contributed by atoms with Crippen LogP contribution >= 0.6 is 0 Å². The number of pyridine rings is 1. The fourth-order valence-electron chi connectivity index (χ4n) is 4.28. The van der Waals surface area contributed by atoms with Gasteiger partial charge in [0, 0.05) is 48.0 Å². The number of esters is 1. The maximum atomic E-state index is 13.7. The van der Waals surface area contributed by atoms with Crippen LogP contribution in [-0.4, -0.2) is 31.4 Å². The third-order valence-electron chi connectivity index (χ3n) is 6.49. The average Bonchev–Trinajstić information content (AvgIpc) is 3.43. The molecular formula is C31H27F3N7O3+. The van der Waals surface area contributed by atoms with E-state index in [1.165, 1.54) is 23.9 Å². The Morgan fingerprint density at radius 1 is 1.05 bits per heavy atom. The van der Waals surface area contributed by atoms with Crippen LogP contribution < -0.4 is 15.2 Å². The molecule has 1 amide bonds. The van der Waals surface area contributed by atoms with Crippen molar-refractivity contribution in [3.8, 4) is 16.9 Å². The second-order valence-electron chi connectivity index (χ2n) is 9.93. The first kappa shape index (κ1) is 29.9. The molecule has 0 spiro atoms. The van der Waals surface area contributed by atoms with E-state index in [1.54, 1.807) is 66.6 Å². The highest BCUT2D eigenvalue weighted by Crippen LogP contribution is 2.33. The largest absolute Gasteiger partial charge is 0.416 e. The Morgan fingerprint density at radius 2 is 1.86 bits per heavy atom. The molecule has 13 heteroatoms. The van der Waals surface area contributed by atoms with Crippen molar-refractivity contribution < 1.29 is 32.1 Å². The molecule has 0 fully saturated rings. The molecule has 0 atom stereocenters. The molecule has 5 rings (SSSR count). The predicted molar refractivity (Wildman–Crippen MR) is 155 cm³/mol. The van der Waals surface area contributed by atoms with Crippen LogP contribution in [0, 0.1) is 13.8 Å². The Bertz CT molecular complexity index is 1850. The van der Waals surface area contributed by atoms with Gasteiger partial charge in [-0.3, -0.25) is 9.59 Å². The summed E-state index contributed by atoms with van der Waals surface area (Å²) >= 11 is 0. The van der Waals surface area contributed by atoms with Crippen molar-refractivity contribution in [2.75, 3.05) is 10.6 Å². The SMILES string of the molecule is CC(=O)OC[n+]1cccc(-c2ccnc(Nc3cc(C(=O)Nc4cc(-n5cnc(C)c5)cc(C(F)(F)F)c4)ccc3C)n2)c1. The predicted octanol–water partition coefficient (Wildman–Crippen LogP) is 5.77. The zero-order chi connectivity index (χ0) is 31.4. The average molecular weight is 603 g/mol. The molecule has 5 aromatic rings. The van der Waals surface area contributed by atoms with Crippen molar-refractivity contribution in [1.29, 1.82) is 0 Å². The van der Waals surface area contributed by atoms with Crippen molar-refractivity contribution in [2.24, 2.45) is 0 Å². The molecule has 0 bridgehead atoms. The molecule has 0 aliphatic carbocycles. The molecular weight excluding hydrogens is 575 g/mol. The highest BCUT2D eigenvalue weighted by Gasteiger charge is 2.31. The number of carbonyl (C=O) groups excluding carboxylic acids is 2. The third kappa shape index (κ3) is 7.24. The molecule has 0 aliphatic rings. The van der Waals surface area contributed by atoms with Crippen LogP contribution in [0.5, 0.6) is 0 Å². The van der Waals surface area contributed by atoms with Crippen LogP contribution in [0.15, 0.2) is 85.7 Å². The maximum Gasteiger partial charge on any atom is 0.416 e. The number of nitrogens with one attached hydrogen (secondary N) is 2. The van der Waals surface area contributed by atoms with Gasteiger partial charge < -0.3 is 19.9 Å². The zero-order valence-corrected chi connectivity index (χ0v) is 23.9. The van der Waals surface area contributed by atoms with Crippen molar-refractivity contribution in [3.05, 3.63) is 108 Å². The lowest BCUT2D eigenvalue weighted by atomic mass is 10.1. The number of hydrogen-bond donors (Lipinski definition) is 2. The first-order valence-corrected chi connectivity index (χ1v) is 13.3. The second kappa shape index (κ2) is 12.3. The summed E-state index contributed by atoms with van der Waals surface area (Å²) in [5, 5.41) is 5.71. The van der Waals surface area contributed by atoms with Crippen LogP contribution in [0.3, 0.4) is 0 Å². The number of carbonyl (C=O) groups is 2. The van der Waals surface area contributed by atoms with Crippen LogP contribution in [0.1, 0.15) is 34.1 Å². The van der Waals surface area contributed by atoms with Gasteiger partial charge >= 0.3 is 12.1 Å². The monoisotopic (exact) mass is 602 g/mol. The van der Waals surface area contributed by atoms with Crippen molar-refractivity contribution in [1.82, 2.24) is 19.5 Å². The third-order valence-corrected chi connectivity index (χ3v) is 6.49. The smallest absolute Gasteiger partial charge is 0.405 e. The number of anilines is 3. The first-order chi connectivity index (χ1) is 20.9. The Balaban J connectivity index is 1.37. The van der Waals surface area contributed by atoms with Gasteiger partial charge in [0.25, 0.3) is 12.6 Å². The number of alkyl halides is 3. The summed E-state index contributed by atoms with van der Waals surface area (Å²) < 4.78 is 49.2. The van der Waals surface area contributed by atoms with Gasteiger partial charge in [-0.05, 0) is 61.9 Å². The summed E-state index contributed by atoms with van der Waals surface area (Å²) in [5.74, 6) is -0.736. The van der Waals surface area contributed by atoms with Gasteiger partial charge in [0.2, 0.25) is 5.95 Å². The van der Waals surface area contributed by atoms with Gasteiger partial charge in [0.05, 0.1) is 28.8 Å². The van der Waals surface area contributed by atoms with E-state index in [0.29, 0.717) is 17.1 Å². The number of rotatable bonds is 8. The number of benzene rings is 2. The summed E-state index contributed by atoms with van der Waals surface area (Å²) in [4.78, 5) is 37.3. The second-order valence-corrected chi connectivity index (χ2v) is 9.93. The summed E-state index contributed by atoms with van der Waals surface area (Å²) in [7, 11) is 0. The van der Waals surface area contributed by atoms with Crippen molar-refractivity contribution in [3.63, 3.8) is 0 Å². The minimum absolute atomic E-state index is 0.0221. The van der Waals surface area contributed by atoms with E-state index in [2.05, 4.69) is 25.6 Å². The molecule has 0 saturated carbocycles. The molecule has 0 aliphatic heterocycles. The molecule has 0 radical (unpaired) electrons. The summed E-state index contributed by atoms with van der Waals surface area (Å²) in [5.41, 5.74) is 2.78. The molecule has 0 unspecified atom stereocenters. The minimum Gasteiger partial charge on any atom is -0.405 e. The zero-order valence-electron chi connectivity index (χ0n) is 23.9. The molecule has 10 nitrogen and oxygen atoms in total. The highest BCUT2D eigenvalue weighted by molar-refractivity contribution is 6.05. The number of imidazole rings is 1. The number of aromatic nitrogens is 5. The van der Waals surface area contributed by atoms with Gasteiger partial charge in [-0.1, -0.05) is 6.07 Å². The van der Waals surface area contributed by atoms with E-state index in [4.69, 9.17) is 4.74 Å². The molecule has 3 aromatic heterocycles. The van der Waals surface area contributed by atoms with Crippen LogP contribution in [0.25, 0.3) is 16.9 Å². The Labute approximate surface area is 250 Å². The fourth-order valence-corrected chi connectivity index (χ4v) is 4.28. The lowest BCUT2D eigenvalue weighted by Crippen LogP contribution is -2.35. The van der Waals surface area contributed by atoms with Gasteiger partial charge in [-0.15, -0.1) is 0 Å². The summed E-state index contributed by atoms with van der Waals surface area (Å²) in [6.45, 7) is 4.94. The van der Waals surface area contributed by atoms with E-state index < -0.39 is 23.6 Å². The normalized spacial score (nSPS) is 11.2. The van der Waals surface area contributed by atoms with Crippen molar-refractivity contribution in [2.45, 2.75) is 33.7 Å². The minimum atomic E-state index is -4.62. The molecule has 224 valence electrons. The fraction of sp³-hybridized carbons (Fsp3) is 0.161. The van der Waals surface area contributed by atoms with Crippen LogP contribution in [0.2, 0.25) is 0 Å². The van der Waals surface area contributed by atoms with Gasteiger partial charge in [0.1, 0.15) is 0 Å². The van der Waals surface area contributed by atoms with E-state index in [1.807, 2.05) is 13.0 Å². The Kier molecular flexibility index (Phi) is 8.38. The summed E-state index contributed by atoms with van der Waals surface area (Å²) in [6, 6.07) is 13.6. The maximum absolute atomic E-state index is 13.7. The topological polar surface area (TPSA) is 115 Å². The van der Waals surface area contributed by atoms with E-state index in [0.717, 1.165) is 23.3 Å². The standard InChI is InChI=1S/C31H26F3N7O3/c1-19-6-7-22(29(43)37-25-12-24(31(32,33)34)13-26(14-25)41-15-20(2)36-17-41)11-28(19)39-30-35-9-8-27(38-30)23-5-4-10-40(16-23)18-44-21(3)42/h4-17H,18H2,1-3H3,(H-,35,37,38,39,43)/p+1. The number of ether oxygens (including phenoxy) is 1. The number of hydrogen-bond acceptors (Lipinski definition) is 7. The van der Waals surface area contributed by atoms with Gasteiger partial charge in [-0.2, -0.15) is 17.7 Å². The number of nitrogens with zero attached hydrogens (tertiary/aromatic N) is 5. The van der Waals surface area contributed by atoms with E-state index >= 15 is 0 Å². The molecule has 3 heterocycles. The van der Waals surface area contributed by atoms with Crippen LogP contribution in [-0.2, 0) is 22.4 Å². The van der Waals surface area contributed by atoms with Gasteiger partial charge in [-0.25, -0.2) is 15.0 Å². The van der Waals surface area contributed by atoms with Crippen LogP contribution in [0.4, 0.5) is 30.5 Å². The molecule has 0 saturated heterocycles. The number of halogens is 3.